The Morgan fingerprint density at radius 3 is 2.89 bits per heavy atom. The Bertz CT molecular complexity index is 479. The number of nitrogens with one attached hydrogen (secondary N) is 2. The molecule has 0 unspecified atom stereocenters. The van der Waals surface area contributed by atoms with Crippen molar-refractivity contribution >= 4 is 27.6 Å². The zero-order chi connectivity index (χ0) is 13.8. The fraction of sp³-hybridized carbons (Fsp3) is 0.417. The van der Waals surface area contributed by atoms with Crippen LogP contribution in [0.15, 0.2) is 16.6 Å². The topological polar surface area (TPSA) is 50.4 Å². The molecular formula is C12H13BrF2N2O2. The van der Waals surface area contributed by atoms with Crippen LogP contribution < -0.4 is 10.6 Å². The van der Waals surface area contributed by atoms with Gasteiger partial charge in [-0.15, -0.1) is 0 Å². The lowest BCUT2D eigenvalue weighted by molar-refractivity contribution is 0.112. The molecule has 0 bridgehead atoms. The number of carbonyl (C=O) groups excluding carboxylic acids is 1. The average Bonchev–Trinajstić information content (AvgIpc) is 2.86. The molecular weight excluding hydrogens is 322 g/mol. The summed E-state index contributed by atoms with van der Waals surface area (Å²) >= 11 is 2.93. The van der Waals surface area contributed by atoms with E-state index >= 15 is 0 Å². The third kappa shape index (κ3) is 3.87. The van der Waals surface area contributed by atoms with Crippen LogP contribution in [0, 0.1) is 11.6 Å². The molecule has 0 aromatic heterocycles. The second kappa shape index (κ2) is 6.29. The second-order valence-corrected chi connectivity index (χ2v) is 5.07. The number of anilines is 1. The molecule has 2 N–H and O–H groups in total. The lowest BCUT2D eigenvalue weighted by Gasteiger charge is -2.12. The molecule has 1 saturated heterocycles. The molecule has 1 atom stereocenters. The highest BCUT2D eigenvalue weighted by molar-refractivity contribution is 9.10. The van der Waals surface area contributed by atoms with Crippen molar-refractivity contribution in [1.29, 1.82) is 0 Å². The zero-order valence-corrected chi connectivity index (χ0v) is 11.6. The summed E-state index contributed by atoms with van der Waals surface area (Å²) in [6.07, 6.45) is 1.89. The number of ether oxygens (including phenoxy) is 1. The highest BCUT2D eigenvalue weighted by atomic mass is 79.9. The van der Waals surface area contributed by atoms with Crippen molar-refractivity contribution in [1.82, 2.24) is 5.32 Å². The Hall–Kier alpha value is -1.21. The van der Waals surface area contributed by atoms with E-state index < -0.39 is 17.7 Å². The largest absolute Gasteiger partial charge is 0.376 e. The first-order chi connectivity index (χ1) is 9.06. The fourth-order valence-electron chi connectivity index (χ4n) is 1.80. The van der Waals surface area contributed by atoms with Crippen molar-refractivity contribution in [2.24, 2.45) is 0 Å². The molecule has 1 aromatic carbocycles. The molecule has 0 saturated carbocycles. The van der Waals surface area contributed by atoms with Crippen molar-refractivity contribution in [3.63, 3.8) is 0 Å². The molecule has 104 valence electrons. The smallest absolute Gasteiger partial charge is 0.319 e. The van der Waals surface area contributed by atoms with Gasteiger partial charge < -0.3 is 15.4 Å². The highest BCUT2D eigenvalue weighted by Gasteiger charge is 2.17. The van der Waals surface area contributed by atoms with Gasteiger partial charge in [-0.2, -0.15) is 0 Å². The van der Waals surface area contributed by atoms with Crippen molar-refractivity contribution < 1.29 is 18.3 Å². The molecule has 0 radical (unpaired) electrons. The maximum atomic E-state index is 13.4. The van der Waals surface area contributed by atoms with Crippen molar-refractivity contribution in [3.8, 4) is 0 Å². The van der Waals surface area contributed by atoms with E-state index in [4.69, 9.17) is 4.74 Å². The minimum Gasteiger partial charge on any atom is -0.376 e. The van der Waals surface area contributed by atoms with Crippen LogP contribution >= 0.6 is 15.9 Å². The van der Waals surface area contributed by atoms with Gasteiger partial charge in [-0.3, -0.25) is 0 Å². The highest BCUT2D eigenvalue weighted by Crippen LogP contribution is 2.23. The van der Waals surface area contributed by atoms with E-state index in [-0.39, 0.29) is 16.3 Å². The number of hydrogen-bond acceptors (Lipinski definition) is 2. The van der Waals surface area contributed by atoms with Crippen molar-refractivity contribution in [3.05, 3.63) is 28.2 Å². The van der Waals surface area contributed by atoms with E-state index in [1.807, 2.05) is 0 Å². The van der Waals surface area contributed by atoms with Crippen LogP contribution in [-0.4, -0.2) is 25.3 Å². The van der Waals surface area contributed by atoms with Gasteiger partial charge in [-0.05, 0) is 34.8 Å². The third-order valence-electron chi connectivity index (χ3n) is 2.77. The second-order valence-electron chi connectivity index (χ2n) is 4.22. The Kier molecular flexibility index (Phi) is 4.71. The number of halogens is 3. The quantitative estimate of drug-likeness (QED) is 0.835. The normalized spacial score (nSPS) is 18.4. The van der Waals surface area contributed by atoms with Crippen molar-refractivity contribution in [2.75, 3.05) is 18.5 Å². The van der Waals surface area contributed by atoms with Crippen LogP contribution in [0.2, 0.25) is 0 Å². The Labute approximate surface area is 117 Å². The van der Waals surface area contributed by atoms with Gasteiger partial charge in [0.05, 0.1) is 16.3 Å². The Morgan fingerprint density at radius 2 is 2.21 bits per heavy atom. The Morgan fingerprint density at radius 1 is 1.42 bits per heavy atom. The molecule has 0 aliphatic carbocycles. The summed E-state index contributed by atoms with van der Waals surface area (Å²) in [4.78, 5) is 11.6. The summed E-state index contributed by atoms with van der Waals surface area (Å²) in [5, 5.41) is 4.91. The molecule has 4 nitrogen and oxygen atoms in total. The van der Waals surface area contributed by atoms with E-state index in [0.717, 1.165) is 12.8 Å². The SMILES string of the molecule is O=C(NC[C@@H]1CCCO1)Nc1cc(Br)c(F)cc1F. The molecule has 1 aliphatic heterocycles. The van der Waals surface area contributed by atoms with Crippen LogP contribution in [-0.2, 0) is 4.74 Å². The van der Waals surface area contributed by atoms with Gasteiger partial charge in [0, 0.05) is 19.2 Å². The van der Waals surface area contributed by atoms with Crippen molar-refractivity contribution in [2.45, 2.75) is 18.9 Å². The molecule has 1 fully saturated rings. The summed E-state index contributed by atoms with van der Waals surface area (Å²) in [6.45, 7) is 1.07. The van der Waals surface area contributed by atoms with Gasteiger partial charge in [-0.1, -0.05) is 0 Å². The lowest BCUT2D eigenvalue weighted by Crippen LogP contribution is -2.35. The summed E-state index contributed by atoms with van der Waals surface area (Å²) in [5.74, 6) is -1.55. The molecule has 2 rings (SSSR count). The molecule has 7 heteroatoms. The molecule has 2 amide bonds. The maximum absolute atomic E-state index is 13.4. The maximum Gasteiger partial charge on any atom is 0.319 e. The summed E-state index contributed by atoms with van der Waals surface area (Å²) in [7, 11) is 0. The van der Waals surface area contributed by atoms with E-state index in [1.165, 1.54) is 6.07 Å². The number of carbonyl (C=O) groups is 1. The number of rotatable bonds is 3. The van der Waals surface area contributed by atoms with Crippen LogP contribution in [0.5, 0.6) is 0 Å². The van der Waals surface area contributed by atoms with Gasteiger partial charge in [0.2, 0.25) is 0 Å². The molecule has 1 heterocycles. The number of urea groups is 1. The van der Waals surface area contributed by atoms with Crippen LogP contribution in [0.25, 0.3) is 0 Å². The zero-order valence-electron chi connectivity index (χ0n) is 10.0. The number of benzene rings is 1. The van der Waals surface area contributed by atoms with Gasteiger partial charge in [-0.25, -0.2) is 13.6 Å². The van der Waals surface area contributed by atoms with Gasteiger partial charge >= 0.3 is 6.03 Å². The van der Waals surface area contributed by atoms with E-state index in [2.05, 4.69) is 26.6 Å². The minimum atomic E-state index is -0.826. The summed E-state index contributed by atoms with van der Waals surface area (Å²) in [6, 6.07) is 1.34. The minimum absolute atomic E-state index is 0.00977. The monoisotopic (exact) mass is 334 g/mol. The van der Waals surface area contributed by atoms with Crippen LogP contribution in [0.1, 0.15) is 12.8 Å². The summed E-state index contributed by atoms with van der Waals surface area (Å²) < 4.78 is 31.8. The van der Waals surface area contributed by atoms with Crippen LogP contribution in [0.4, 0.5) is 19.3 Å². The average molecular weight is 335 g/mol. The first kappa shape index (κ1) is 14.2. The molecule has 0 spiro atoms. The fourth-order valence-corrected chi connectivity index (χ4v) is 2.14. The molecule has 19 heavy (non-hydrogen) atoms. The predicted octanol–water partition coefficient (Wildman–Crippen LogP) is 3.03. The number of hydrogen-bond donors (Lipinski definition) is 2. The van der Waals surface area contributed by atoms with Gasteiger partial charge in [0.1, 0.15) is 11.6 Å². The first-order valence-corrected chi connectivity index (χ1v) is 6.66. The van der Waals surface area contributed by atoms with Gasteiger partial charge in [0.15, 0.2) is 0 Å². The van der Waals surface area contributed by atoms with Gasteiger partial charge in [0.25, 0.3) is 0 Å². The Balaban J connectivity index is 1.89. The standard InChI is InChI=1S/C12H13BrF2N2O2/c13-8-4-11(10(15)5-9(8)14)17-12(18)16-6-7-2-1-3-19-7/h4-5,7H,1-3,6H2,(H2,16,17,18)/t7-/m0/s1. The van der Waals surface area contributed by atoms with Crippen LogP contribution in [0.3, 0.4) is 0 Å². The van der Waals surface area contributed by atoms with E-state index in [9.17, 15) is 13.6 Å². The number of amides is 2. The first-order valence-electron chi connectivity index (χ1n) is 5.87. The third-order valence-corrected chi connectivity index (χ3v) is 3.38. The predicted molar refractivity (Wildman–Crippen MR) is 70.1 cm³/mol. The lowest BCUT2D eigenvalue weighted by atomic mass is 10.2. The molecule has 1 aliphatic rings. The molecule has 1 aromatic rings. The summed E-state index contributed by atoms with van der Waals surface area (Å²) in [5.41, 5.74) is -0.0851. The van der Waals surface area contributed by atoms with E-state index in [1.54, 1.807) is 0 Å². The van der Waals surface area contributed by atoms with E-state index in [0.29, 0.717) is 19.2 Å².